The molecule has 0 aliphatic heterocycles. The number of nitrogens with zero attached hydrogens (tertiary/aromatic N) is 2. The fourth-order valence-corrected chi connectivity index (χ4v) is 1.64. The number of benzene rings is 1. The van der Waals surface area contributed by atoms with Crippen molar-refractivity contribution in [2.24, 2.45) is 0 Å². The van der Waals surface area contributed by atoms with Gasteiger partial charge in [0.2, 0.25) is 0 Å². The largest absolute Gasteiger partial charge is 0.460 e. The molecule has 0 amide bonds. The van der Waals surface area contributed by atoms with Crippen LogP contribution in [-0.2, 0) is 22.6 Å². The quantitative estimate of drug-likeness (QED) is 0.816. The van der Waals surface area contributed by atoms with Gasteiger partial charge in [0.05, 0.1) is 0 Å². The predicted octanol–water partition coefficient (Wildman–Crippen LogP) is 2.19. The highest BCUT2D eigenvalue weighted by Crippen LogP contribution is 2.04. The second-order valence-corrected chi connectivity index (χ2v) is 4.25. The molecule has 0 saturated carbocycles. The van der Waals surface area contributed by atoms with Gasteiger partial charge in [-0.15, -0.1) is 0 Å². The standard InChI is InChI=1S/C15H17N3O2/c1-2-13-8-14(18-11-17-13)16-9-15(19)20-10-12-6-4-3-5-7-12/h3-8,11H,2,9-10H2,1H3,(H,16,17,18). The van der Waals surface area contributed by atoms with Crippen molar-refractivity contribution >= 4 is 11.8 Å². The predicted molar refractivity (Wildman–Crippen MR) is 76.1 cm³/mol. The van der Waals surface area contributed by atoms with Gasteiger partial charge in [-0.25, -0.2) is 9.97 Å². The van der Waals surface area contributed by atoms with Crippen LogP contribution in [0.3, 0.4) is 0 Å². The molecule has 0 atom stereocenters. The average molecular weight is 271 g/mol. The van der Waals surface area contributed by atoms with Crippen molar-refractivity contribution in [3.05, 3.63) is 54.0 Å². The molecule has 2 aromatic rings. The molecule has 104 valence electrons. The number of hydrogen-bond acceptors (Lipinski definition) is 5. The maximum atomic E-state index is 11.6. The summed E-state index contributed by atoms with van der Waals surface area (Å²) in [6.07, 6.45) is 2.31. The summed E-state index contributed by atoms with van der Waals surface area (Å²) in [4.78, 5) is 19.8. The summed E-state index contributed by atoms with van der Waals surface area (Å²) in [5.41, 5.74) is 1.90. The van der Waals surface area contributed by atoms with Crippen LogP contribution in [0.25, 0.3) is 0 Å². The lowest BCUT2D eigenvalue weighted by Crippen LogP contribution is -2.17. The molecule has 0 radical (unpaired) electrons. The van der Waals surface area contributed by atoms with E-state index in [1.165, 1.54) is 6.33 Å². The van der Waals surface area contributed by atoms with Gasteiger partial charge in [-0.1, -0.05) is 37.3 Å². The van der Waals surface area contributed by atoms with E-state index in [4.69, 9.17) is 4.74 Å². The fourth-order valence-electron chi connectivity index (χ4n) is 1.64. The van der Waals surface area contributed by atoms with Crippen molar-refractivity contribution in [1.29, 1.82) is 0 Å². The lowest BCUT2D eigenvalue weighted by atomic mass is 10.2. The van der Waals surface area contributed by atoms with E-state index in [1.807, 2.05) is 43.3 Å². The van der Waals surface area contributed by atoms with E-state index in [-0.39, 0.29) is 19.1 Å². The molecule has 2 rings (SSSR count). The first kappa shape index (κ1) is 14.0. The van der Waals surface area contributed by atoms with Crippen molar-refractivity contribution in [3.8, 4) is 0 Å². The fraction of sp³-hybridized carbons (Fsp3) is 0.267. The topological polar surface area (TPSA) is 64.1 Å². The maximum absolute atomic E-state index is 11.6. The average Bonchev–Trinajstić information content (AvgIpc) is 2.52. The zero-order valence-electron chi connectivity index (χ0n) is 11.4. The molecule has 1 aromatic heterocycles. The van der Waals surface area contributed by atoms with E-state index in [2.05, 4.69) is 15.3 Å². The zero-order valence-corrected chi connectivity index (χ0v) is 11.4. The number of esters is 1. The normalized spacial score (nSPS) is 10.1. The second kappa shape index (κ2) is 7.23. The van der Waals surface area contributed by atoms with Gasteiger partial charge in [0.25, 0.3) is 0 Å². The Bertz CT molecular complexity index is 558. The highest BCUT2D eigenvalue weighted by molar-refractivity contribution is 5.74. The van der Waals surface area contributed by atoms with Crippen molar-refractivity contribution in [2.45, 2.75) is 20.0 Å². The van der Waals surface area contributed by atoms with Crippen molar-refractivity contribution in [3.63, 3.8) is 0 Å². The molecule has 0 aliphatic rings. The Morgan fingerprint density at radius 1 is 1.25 bits per heavy atom. The molecule has 0 spiro atoms. The molecular formula is C15H17N3O2. The van der Waals surface area contributed by atoms with Crippen LogP contribution in [0.1, 0.15) is 18.2 Å². The molecule has 0 bridgehead atoms. The summed E-state index contributed by atoms with van der Waals surface area (Å²) < 4.78 is 5.16. The summed E-state index contributed by atoms with van der Waals surface area (Å²) in [5.74, 6) is 0.319. The molecule has 0 unspecified atom stereocenters. The first-order valence-corrected chi connectivity index (χ1v) is 6.52. The van der Waals surface area contributed by atoms with E-state index in [9.17, 15) is 4.79 Å². The molecular weight excluding hydrogens is 254 g/mol. The lowest BCUT2D eigenvalue weighted by molar-refractivity contribution is -0.142. The number of nitrogens with one attached hydrogen (secondary N) is 1. The highest BCUT2D eigenvalue weighted by atomic mass is 16.5. The number of ether oxygens (including phenoxy) is 1. The van der Waals surface area contributed by atoms with E-state index >= 15 is 0 Å². The van der Waals surface area contributed by atoms with Gasteiger partial charge in [0, 0.05) is 11.8 Å². The third kappa shape index (κ3) is 4.35. The smallest absolute Gasteiger partial charge is 0.325 e. The van der Waals surface area contributed by atoms with Gasteiger partial charge in [-0.2, -0.15) is 0 Å². The van der Waals surface area contributed by atoms with Gasteiger partial charge in [-0.05, 0) is 12.0 Å². The number of aromatic nitrogens is 2. The van der Waals surface area contributed by atoms with Crippen LogP contribution < -0.4 is 5.32 Å². The first-order chi connectivity index (χ1) is 9.78. The number of carbonyl (C=O) groups excluding carboxylic acids is 1. The minimum Gasteiger partial charge on any atom is -0.460 e. The molecule has 0 aliphatic carbocycles. The summed E-state index contributed by atoms with van der Waals surface area (Å²) in [6, 6.07) is 11.4. The molecule has 0 fully saturated rings. The monoisotopic (exact) mass is 271 g/mol. The van der Waals surface area contributed by atoms with E-state index in [1.54, 1.807) is 0 Å². The van der Waals surface area contributed by atoms with Crippen LogP contribution in [0.15, 0.2) is 42.7 Å². The van der Waals surface area contributed by atoms with E-state index < -0.39 is 0 Å². The Morgan fingerprint density at radius 3 is 2.80 bits per heavy atom. The third-order valence-corrected chi connectivity index (χ3v) is 2.74. The minimum absolute atomic E-state index is 0.0903. The Kier molecular flexibility index (Phi) is 5.06. The third-order valence-electron chi connectivity index (χ3n) is 2.74. The van der Waals surface area contributed by atoms with E-state index in [0.29, 0.717) is 5.82 Å². The maximum Gasteiger partial charge on any atom is 0.325 e. The molecule has 1 heterocycles. The van der Waals surface area contributed by atoms with Crippen LogP contribution >= 0.6 is 0 Å². The van der Waals surface area contributed by atoms with Crippen LogP contribution in [-0.4, -0.2) is 22.5 Å². The molecule has 5 heteroatoms. The van der Waals surface area contributed by atoms with Crippen LogP contribution in [0.5, 0.6) is 0 Å². The Hall–Kier alpha value is -2.43. The van der Waals surface area contributed by atoms with Crippen molar-refractivity contribution < 1.29 is 9.53 Å². The SMILES string of the molecule is CCc1cc(NCC(=O)OCc2ccccc2)ncn1. The van der Waals surface area contributed by atoms with Crippen LogP contribution in [0, 0.1) is 0 Å². The van der Waals surface area contributed by atoms with Crippen molar-refractivity contribution in [1.82, 2.24) is 9.97 Å². The number of anilines is 1. The molecule has 5 nitrogen and oxygen atoms in total. The lowest BCUT2D eigenvalue weighted by Gasteiger charge is -2.07. The highest BCUT2D eigenvalue weighted by Gasteiger charge is 2.04. The minimum atomic E-state index is -0.314. The number of rotatable bonds is 6. The number of hydrogen-bond donors (Lipinski definition) is 1. The van der Waals surface area contributed by atoms with Gasteiger partial charge in [0.1, 0.15) is 25.3 Å². The van der Waals surface area contributed by atoms with Crippen molar-refractivity contribution in [2.75, 3.05) is 11.9 Å². The Morgan fingerprint density at radius 2 is 2.05 bits per heavy atom. The molecule has 0 saturated heterocycles. The Balaban J connectivity index is 1.77. The van der Waals surface area contributed by atoms with E-state index in [0.717, 1.165) is 17.7 Å². The summed E-state index contributed by atoms with van der Waals surface area (Å²) in [5, 5.41) is 2.93. The summed E-state index contributed by atoms with van der Waals surface area (Å²) >= 11 is 0. The van der Waals surface area contributed by atoms with Gasteiger partial charge in [0.15, 0.2) is 0 Å². The first-order valence-electron chi connectivity index (χ1n) is 6.52. The van der Waals surface area contributed by atoms with Gasteiger partial charge >= 0.3 is 5.97 Å². The summed E-state index contributed by atoms with van der Waals surface area (Å²) in [6.45, 7) is 2.39. The zero-order chi connectivity index (χ0) is 14.2. The summed E-state index contributed by atoms with van der Waals surface area (Å²) in [7, 11) is 0. The van der Waals surface area contributed by atoms with Crippen LogP contribution in [0.4, 0.5) is 5.82 Å². The number of carbonyl (C=O) groups is 1. The van der Waals surface area contributed by atoms with Gasteiger partial charge in [-0.3, -0.25) is 4.79 Å². The van der Waals surface area contributed by atoms with Gasteiger partial charge < -0.3 is 10.1 Å². The molecule has 1 N–H and O–H groups in total. The Labute approximate surface area is 118 Å². The molecule has 20 heavy (non-hydrogen) atoms. The molecule has 1 aromatic carbocycles. The second-order valence-electron chi connectivity index (χ2n) is 4.25. The van der Waals surface area contributed by atoms with Crippen LogP contribution in [0.2, 0.25) is 0 Å². The number of aryl methyl sites for hydroxylation is 1.